The number of amides is 2. The summed E-state index contributed by atoms with van der Waals surface area (Å²) in [5.41, 5.74) is 2.03. The average molecular weight is 517 g/mol. The van der Waals surface area contributed by atoms with E-state index in [1.807, 2.05) is 40.2 Å². The summed E-state index contributed by atoms with van der Waals surface area (Å²) in [6.07, 6.45) is -2.97. The summed E-state index contributed by atoms with van der Waals surface area (Å²) in [7, 11) is 1.61. The number of aromatic nitrogens is 2. The van der Waals surface area contributed by atoms with Gasteiger partial charge in [-0.1, -0.05) is 30.3 Å². The minimum atomic E-state index is -4.71. The highest BCUT2D eigenvalue weighted by Crippen LogP contribution is 2.41. The molecule has 0 aliphatic carbocycles. The Balaban J connectivity index is 1.28. The Hall–Kier alpha value is -3.48. The molecule has 37 heavy (non-hydrogen) atoms. The number of nitrogens with zero attached hydrogens (tertiary/aromatic N) is 6. The molecule has 5 rings (SSSR count). The molecule has 2 amide bonds. The van der Waals surface area contributed by atoms with Crippen LogP contribution in [0.2, 0.25) is 0 Å². The summed E-state index contributed by atoms with van der Waals surface area (Å²) < 4.78 is 43.1. The third-order valence-electron chi connectivity index (χ3n) is 7.05. The predicted octanol–water partition coefficient (Wildman–Crippen LogP) is 4.52. The van der Waals surface area contributed by atoms with Gasteiger partial charge in [0, 0.05) is 49.9 Å². The summed E-state index contributed by atoms with van der Waals surface area (Å²) >= 11 is 0. The van der Waals surface area contributed by atoms with Crippen molar-refractivity contribution < 1.29 is 27.6 Å². The Morgan fingerprint density at radius 2 is 1.70 bits per heavy atom. The molecule has 196 valence electrons. The molecule has 0 atom stereocenters. The number of piperidine rings is 1. The van der Waals surface area contributed by atoms with Gasteiger partial charge in [0.15, 0.2) is 0 Å². The second kappa shape index (κ2) is 9.77. The number of anilines is 1. The van der Waals surface area contributed by atoms with Gasteiger partial charge in [0.05, 0.1) is 6.54 Å². The number of carbonyl (C=O) groups is 1. The first-order chi connectivity index (χ1) is 17.6. The van der Waals surface area contributed by atoms with Gasteiger partial charge in [-0.3, -0.25) is 10.1 Å². The Morgan fingerprint density at radius 3 is 2.27 bits per heavy atom. The zero-order valence-electron chi connectivity index (χ0n) is 20.2. The monoisotopic (exact) mass is 516 g/mol. The maximum absolute atomic E-state index is 13.6. The third kappa shape index (κ3) is 5.31. The molecular formula is C25H27F3N6O3. The first kappa shape index (κ1) is 25.2. The molecular weight excluding hydrogens is 489 g/mol. The molecule has 9 nitrogen and oxygen atoms in total. The van der Waals surface area contributed by atoms with E-state index in [0.717, 1.165) is 42.4 Å². The smallest absolute Gasteiger partial charge is 0.413 e. The number of halogens is 3. The van der Waals surface area contributed by atoms with Gasteiger partial charge in [-0.15, -0.1) is 15.4 Å². The summed E-state index contributed by atoms with van der Waals surface area (Å²) in [6.45, 7) is 3.10. The maximum atomic E-state index is 13.6. The van der Waals surface area contributed by atoms with Crippen LogP contribution in [0.5, 0.6) is 0 Å². The van der Waals surface area contributed by atoms with Crippen LogP contribution in [-0.2, 0) is 12.7 Å². The fourth-order valence-electron chi connectivity index (χ4n) is 4.86. The van der Waals surface area contributed by atoms with Gasteiger partial charge in [-0.05, 0) is 42.7 Å². The minimum absolute atomic E-state index is 0.104. The molecule has 2 saturated heterocycles. The van der Waals surface area contributed by atoms with Crippen LogP contribution in [0.15, 0.2) is 59.0 Å². The lowest BCUT2D eigenvalue weighted by Gasteiger charge is -2.55. The van der Waals surface area contributed by atoms with Gasteiger partial charge >= 0.3 is 18.1 Å². The largest absolute Gasteiger partial charge is 0.470 e. The summed E-state index contributed by atoms with van der Waals surface area (Å²) in [4.78, 5) is 17.2. The van der Waals surface area contributed by atoms with E-state index >= 15 is 0 Å². The van der Waals surface area contributed by atoms with Crippen LogP contribution in [0.3, 0.4) is 0 Å². The van der Waals surface area contributed by atoms with Crippen molar-refractivity contribution in [3.05, 3.63) is 66.1 Å². The van der Waals surface area contributed by atoms with Gasteiger partial charge in [-0.25, -0.2) is 9.80 Å². The molecule has 1 N–H and O–H groups in total. The van der Waals surface area contributed by atoms with E-state index in [1.165, 1.54) is 0 Å². The van der Waals surface area contributed by atoms with E-state index in [9.17, 15) is 23.2 Å². The highest BCUT2D eigenvalue weighted by Gasteiger charge is 2.47. The zero-order valence-corrected chi connectivity index (χ0v) is 20.2. The van der Waals surface area contributed by atoms with E-state index in [1.54, 1.807) is 36.2 Å². The number of carbonyl (C=O) groups excluding carboxylic acids is 1. The zero-order chi connectivity index (χ0) is 26.2. The SMILES string of the molecule is CN(O)N1CC2(CCN(C(=O)N(Cc3ccc(-c4nnc(C(F)(F)F)o4)cc3)c3ccccc3)CC2)C1. The summed E-state index contributed by atoms with van der Waals surface area (Å²) in [5, 5.41) is 19.2. The average Bonchev–Trinajstić information content (AvgIpc) is 3.37. The highest BCUT2D eigenvalue weighted by atomic mass is 19.4. The fourth-order valence-corrected chi connectivity index (χ4v) is 4.86. The van der Waals surface area contributed by atoms with Crippen molar-refractivity contribution in [3.8, 4) is 11.5 Å². The number of benzene rings is 2. The minimum Gasteiger partial charge on any atom is -0.413 e. The number of rotatable bonds is 5. The molecule has 12 heteroatoms. The van der Waals surface area contributed by atoms with E-state index < -0.39 is 12.1 Å². The van der Waals surface area contributed by atoms with Crippen molar-refractivity contribution in [2.24, 2.45) is 5.41 Å². The number of hydrogen-bond donors (Lipinski definition) is 1. The molecule has 1 spiro atoms. The van der Waals surface area contributed by atoms with Crippen LogP contribution in [-0.4, -0.2) is 69.7 Å². The first-order valence-electron chi connectivity index (χ1n) is 11.9. The van der Waals surface area contributed by atoms with E-state index in [0.29, 0.717) is 18.7 Å². The molecule has 2 aliphatic rings. The van der Waals surface area contributed by atoms with E-state index in [4.69, 9.17) is 4.42 Å². The Morgan fingerprint density at radius 1 is 1.05 bits per heavy atom. The second-order valence-electron chi connectivity index (χ2n) is 9.61. The molecule has 0 bridgehead atoms. The van der Waals surface area contributed by atoms with E-state index in [-0.39, 0.29) is 23.9 Å². The second-order valence-corrected chi connectivity index (χ2v) is 9.61. The van der Waals surface area contributed by atoms with E-state index in [2.05, 4.69) is 10.2 Å². The molecule has 0 unspecified atom stereocenters. The topological polar surface area (TPSA) is 89.2 Å². The van der Waals surface area contributed by atoms with Gasteiger partial charge in [-0.2, -0.15) is 13.2 Å². The lowest BCUT2D eigenvalue weighted by molar-refractivity contribution is -0.289. The molecule has 0 radical (unpaired) electrons. The Labute approximate surface area is 211 Å². The number of para-hydroxylation sites is 1. The van der Waals surface area contributed by atoms with Crippen LogP contribution in [0.4, 0.5) is 23.7 Å². The quantitative estimate of drug-likeness (QED) is 0.499. The van der Waals surface area contributed by atoms with Crippen molar-refractivity contribution in [1.82, 2.24) is 25.3 Å². The van der Waals surface area contributed by atoms with Crippen LogP contribution >= 0.6 is 0 Å². The number of likely N-dealkylation sites (tertiary alicyclic amines) is 1. The maximum Gasteiger partial charge on any atom is 0.470 e. The molecule has 3 aromatic rings. The molecule has 2 aliphatic heterocycles. The number of hydrogen-bond acceptors (Lipinski definition) is 7. The van der Waals surface area contributed by atoms with Crippen LogP contribution in [0, 0.1) is 5.41 Å². The van der Waals surface area contributed by atoms with Crippen LogP contribution in [0.1, 0.15) is 24.3 Å². The number of alkyl halides is 3. The van der Waals surface area contributed by atoms with Crippen molar-refractivity contribution in [3.63, 3.8) is 0 Å². The summed E-state index contributed by atoms with van der Waals surface area (Å²) in [5.74, 6) is -1.62. The van der Waals surface area contributed by atoms with Crippen LogP contribution < -0.4 is 4.90 Å². The van der Waals surface area contributed by atoms with Gasteiger partial charge in [0.1, 0.15) is 0 Å². The Kier molecular flexibility index (Phi) is 6.65. The standard InChI is InChI=1S/C25H27F3N6O3/c1-31(36)33-16-24(17-33)11-13-32(14-12-24)23(35)34(20-5-3-2-4-6-20)15-18-7-9-19(10-8-18)21-29-30-22(37-21)25(26,27)28/h2-10,36H,11-17H2,1H3. The van der Waals surface area contributed by atoms with Crippen LogP contribution in [0.25, 0.3) is 11.5 Å². The highest BCUT2D eigenvalue weighted by molar-refractivity contribution is 5.92. The summed E-state index contributed by atoms with van der Waals surface area (Å²) in [6, 6.07) is 15.9. The number of urea groups is 1. The molecule has 3 heterocycles. The van der Waals surface area contributed by atoms with Crippen molar-refractivity contribution >= 4 is 11.7 Å². The lowest BCUT2D eigenvalue weighted by atomic mass is 9.73. The number of hydroxylamine groups is 1. The van der Waals surface area contributed by atoms with Crippen molar-refractivity contribution in [2.45, 2.75) is 25.6 Å². The lowest BCUT2D eigenvalue weighted by Crippen LogP contribution is -2.64. The first-order valence-corrected chi connectivity index (χ1v) is 11.9. The molecule has 2 aromatic carbocycles. The fraction of sp³-hybridized carbons (Fsp3) is 0.400. The molecule has 1 aromatic heterocycles. The van der Waals surface area contributed by atoms with Gasteiger partial charge < -0.3 is 9.32 Å². The van der Waals surface area contributed by atoms with Crippen molar-refractivity contribution in [1.29, 1.82) is 0 Å². The Bertz CT molecular complexity index is 1220. The molecule has 0 saturated carbocycles. The van der Waals surface area contributed by atoms with Gasteiger partial charge in [0.2, 0.25) is 5.89 Å². The van der Waals surface area contributed by atoms with Crippen molar-refractivity contribution in [2.75, 3.05) is 38.1 Å². The van der Waals surface area contributed by atoms with Gasteiger partial charge in [0.25, 0.3) is 0 Å². The predicted molar refractivity (Wildman–Crippen MR) is 127 cm³/mol. The normalized spacial score (nSPS) is 17.7. The number of hydrazine groups is 1. The third-order valence-corrected chi connectivity index (χ3v) is 7.05. The molecule has 2 fully saturated rings.